The van der Waals surface area contributed by atoms with Gasteiger partial charge in [-0.1, -0.05) is 23.7 Å². The van der Waals surface area contributed by atoms with Crippen LogP contribution in [0.1, 0.15) is 24.1 Å². The first-order valence-corrected chi connectivity index (χ1v) is 11.3. The molecule has 0 aliphatic carbocycles. The lowest BCUT2D eigenvalue weighted by molar-refractivity contribution is -0.120. The Bertz CT molecular complexity index is 1030. The highest BCUT2D eigenvalue weighted by Gasteiger charge is 2.23. The lowest BCUT2D eigenvalue weighted by atomic mass is 10.1. The number of ether oxygens (including phenoxy) is 2. The molecule has 1 unspecified atom stereocenters. The molecule has 0 aromatic heterocycles. The van der Waals surface area contributed by atoms with Crippen molar-refractivity contribution in [3.8, 4) is 11.5 Å². The van der Waals surface area contributed by atoms with Crippen molar-refractivity contribution in [2.45, 2.75) is 19.9 Å². The molecule has 1 heterocycles. The van der Waals surface area contributed by atoms with Gasteiger partial charge in [0.1, 0.15) is 19.8 Å². The average molecular weight is 439 g/mol. The number of nitrogens with one attached hydrogen (secondary N) is 1. The molecule has 2 aromatic carbocycles. The Balaban J connectivity index is 1.74. The van der Waals surface area contributed by atoms with Gasteiger partial charge < -0.3 is 14.8 Å². The summed E-state index contributed by atoms with van der Waals surface area (Å²) in [6, 6.07) is 9.98. The number of sulfonamides is 1. The minimum absolute atomic E-state index is 0.338. The van der Waals surface area contributed by atoms with Crippen molar-refractivity contribution in [2.24, 2.45) is 0 Å². The standard InChI is InChI=1S/C20H23ClN2O5S/c1-13-4-6-16(11-17(13)21)23(29(3,25)26)12-20(24)22-14(2)15-5-7-18-19(10-15)28-9-8-27-18/h4-7,10-11,14H,8-9,12H2,1-3H3,(H,22,24). The second kappa shape index (κ2) is 8.51. The Hall–Kier alpha value is -2.45. The van der Waals surface area contributed by atoms with Crippen LogP contribution in [0.3, 0.4) is 0 Å². The minimum Gasteiger partial charge on any atom is -0.486 e. The maximum Gasteiger partial charge on any atom is 0.241 e. The minimum atomic E-state index is -3.68. The molecule has 0 saturated heterocycles. The van der Waals surface area contributed by atoms with E-state index in [2.05, 4.69) is 5.32 Å². The maximum absolute atomic E-state index is 12.6. The molecule has 0 radical (unpaired) electrons. The van der Waals surface area contributed by atoms with E-state index in [1.54, 1.807) is 18.2 Å². The van der Waals surface area contributed by atoms with Gasteiger partial charge in [-0.3, -0.25) is 9.10 Å². The molecule has 1 N–H and O–H groups in total. The summed E-state index contributed by atoms with van der Waals surface area (Å²) in [5, 5.41) is 3.26. The second-order valence-electron chi connectivity index (χ2n) is 6.90. The molecule has 0 fully saturated rings. The molecule has 7 nitrogen and oxygen atoms in total. The number of rotatable bonds is 6. The summed E-state index contributed by atoms with van der Waals surface area (Å²) in [5.74, 6) is 0.856. The first-order valence-electron chi connectivity index (χ1n) is 9.08. The SMILES string of the molecule is Cc1ccc(N(CC(=O)NC(C)c2ccc3c(c2)OCCO3)S(C)(=O)=O)cc1Cl. The van der Waals surface area contributed by atoms with Crippen molar-refractivity contribution in [1.82, 2.24) is 5.32 Å². The average Bonchev–Trinajstić information content (AvgIpc) is 2.67. The number of carbonyl (C=O) groups excluding carboxylic acids is 1. The van der Waals surface area contributed by atoms with E-state index in [1.807, 2.05) is 26.0 Å². The van der Waals surface area contributed by atoms with Crippen LogP contribution in [0.15, 0.2) is 36.4 Å². The summed E-state index contributed by atoms with van der Waals surface area (Å²) < 4.78 is 36.6. The van der Waals surface area contributed by atoms with Crippen LogP contribution in [0.25, 0.3) is 0 Å². The van der Waals surface area contributed by atoms with Gasteiger partial charge in [-0.2, -0.15) is 0 Å². The summed E-state index contributed by atoms with van der Waals surface area (Å²) in [5.41, 5.74) is 1.98. The maximum atomic E-state index is 12.6. The van der Waals surface area contributed by atoms with Crippen molar-refractivity contribution in [3.05, 3.63) is 52.5 Å². The van der Waals surface area contributed by atoms with E-state index < -0.39 is 15.9 Å². The molecular weight excluding hydrogens is 416 g/mol. The highest BCUT2D eigenvalue weighted by molar-refractivity contribution is 7.92. The first kappa shape index (κ1) is 21.3. The van der Waals surface area contributed by atoms with E-state index in [1.165, 1.54) is 6.07 Å². The lowest BCUT2D eigenvalue weighted by Crippen LogP contribution is -2.41. The summed E-state index contributed by atoms with van der Waals surface area (Å²) in [7, 11) is -3.68. The van der Waals surface area contributed by atoms with E-state index in [-0.39, 0.29) is 12.6 Å². The van der Waals surface area contributed by atoms with E-state index in [4.69, 9.17) is 21.1 Å². The predicted octanol–water partition coefficient (Wildman–Crippen LogP) is 3.06. The molecule has 1 aliphatic heterocycles. The fourth-order valence-corrected chi connectivity index (χ4v) is 3.99. The third-order valence-electron chi connectivity index (χ3n) is 4.57. The van der Waals surface area contributed by atoms with Crippen molar-refractivity contribution in [1.29, 1.82) is 0 Å². The van der Waals surface area contributed by atoms with Gasteiger partial charge in [0, 0.05) is 5.02 Å². The zero-order valence-electron chi connectivity index (χ0n) is 16.4. The van der Waals surface area contributed by atoms with E-state index in [0.717, 1.165) is 21.7 Å². The number of halogens is 1. The molecule has 9 heteroatoms. The van der Waals surface area contributed by atoms with Crippen molar-refractivity contribution in [2.75, 3.05) is 30.3 Å². The quantitative estimate of drug-likeness (QED) is 0.749. The van der Waals surface area contributed by atoms with Gasteiger partial charge in [-0.05, 0) is 49.2 Å². The van der Waals surface area contributed by atoms with Crippen molar-refractivity contribution in [3.63, 3.8) is 0 Å². The van der Waals surface area contributed by atoms with E-state index in [9.17, 15) is 13.2 Å². The number of carbonyl (C=O) groups is 1. The molecule has 1 amide bonds. The number of benzene rings is 2. The van der Waals surface area contributed by atoms with Crippen LogP contribution >= 0.6 is 11.6 Å². The second-order valence-corrected chi connectivity index (χ2v) is 9.21. The number of nitrogens with zero attached hydrogens (tertiary/aromatic N) is 1. The summed E-state index contributed by atoms with van der Waals surface area (Å²) in [4.78, 5) is 12.6. The Morgan fingerprint density at radius 1 is 1.17 bits per heavy atom. The molecule has 0 saturated carbocycles. The number of anilines is 1. The van der Waals surface area contributed by atoms with Crippen LogP contribution in [0.2, 0.25) is 5.02 Å². The third-order valence-corrected chi connectivity index (χ3v) is 6.12. The number of aryl methyl sites for hydroxylation is 1. The zero-order valence-corrected chi connectivity index (χ0v) is 18.0. The van der Waals surface area contributed by atoms with Crippen molar-refractivity contribution >= 4 is 33.2 Å². The van der Waals surface area contributed by atoms with Crippen LogP contribution in [0.5, 0.6) is 11.5 Å². The van der Waals surface area contributed by atoms with Crippen LogP contribution in [0, 0.1) is 6.92 Å². The van der Waals surface area contributed by atoms with Crippen LogP contribution in [0.4, 0.5) is 5.69 Å². The molecule has 2 aromatic rings. The Morgan fingerprint density at radius 2 is 1.86 bits per heavy atom. The third kappa shape index (κ3) is 5.13. The fraction of sp³-hybridized carbons (Fsp3) is 0.350. The smallest absolute Gasteiger partial charge is 0.241 e. The highest BCUT2D eigenvalue weighted by Crippen LogP contribution is 2.32. The summed E-state index contributed by atoms with van der Waals surface area (Å²) in [6.07, 6.45) is 1.05. The highest BCUT2D eigenvalue weighted by atomic mass is 35.5. The molecule has 29 heavy (non-hydrogen) atoms. The number of hydrogen-bond acceptors (Lipinski definition) is 5. The van der Waals surface area contributed by atoms with E-state index >= 15 is 0 Å². The summed E-state index contributed by atoms with van der Waals surface area (Å²) >= 11 is 6.12. The van der Waals surface area contributed by atoms with E-state index in [0.29, 0.717) is 35.4 Å². The van der Waals surface area contributed by atoms with Gasteiger partial charge in [-0.25, -0.2) is 8.42 Å². The number of hydrogen-bond donors (Lipinski definition) is 1. The van der Waals surface area contributed by atoms with Gasteiger partial charge in [0.05, 0.1) is 18.0 Å². The van der Waals surface area contributed by atoms with Crippen LogP contribution in [-0.4, -0.2) is 40.3 Å². The molecule has 0 spiro atoms. The monoisotopic (exact) mass is 438 g/mol. The van der Waals surface area contributed by atoms with Crippen molar-refractivity contribution < 1.29 is 22.7 Å². The molecular formula is C20H23ClN2O5S. The fourth-order valence-electron chi connectivity index (χ4n) is 2.97. The Kier molecular flexibility index (Phi) is 6.24. The topological polar surface area (TPSA) is 84.9 Å². The number of amides is 1. The predicted molar refractivity (Wildman–Crippen MR) is 112 cm³/mol. The molecule has 156 valence electrons. The molecule has 1 atom stereocenters. The summed E-state index contributed by atoms with van der Waals surface area (Å²) in [6.45, 7) is 4.26. The molecule has 1 aliphatic rings. The largest absolute Gasteiger partial charge is 0.486 e. The van der Waals surface area contributed by atoms with Gasteiger partial charge in [0.2, 0.25) is 15.9 Å². The molecule has 3 rings (SSSR count). The number of fused-ring (bicyclic) bond motifs is 1. The zero-order chi connectivity index (χ0) is 21.2. The molecule has 0 bridgehead atoms. The van der Waals surface area contributed by atoms with Gasteiger partial charge in [0.15, 0.2) is 11.5 Å². The van der Waals surface area contributed by atoms with Gasteiger partial charge >= 0.3 is 0 Å². The first-order chi connectivity index (χ1) is 13.6. The van der Waals surface area contributed by atoms with Gasteiger partial charge in [0.25, 0.3) is 0 Å². The normalized spacial score (nSPS) is 14.2. The van der Waals surface area contributed by atoms with Crippen LogP contribution in [-0.2, 0) is 14.8 Å². The Labute approximate surface area is 175 Å². The van der Waals surface area contributed by atoms with Gasteiger partial charge in [-0.15, -0.1) is 0 Å². The lowest BCUT2D eigenvalue weighted by Gasteiger charge is -2.24. The van der Waals surface area contributed by atoms with Crippen LogP contribution < -0.4 is 19.1 Å². The Morgan fingerprint density at radius 3 is 2.52 bits per heavy atom.